The number of H-pyrrole nitrogens is 3. The maximum Gasteiger partial charge on any atom is 0.303 e. The van der Waals surface area contributed by atoms with Gasteiger partial charge >= 0.3 is 11.9 Å². The van der Waals surface area contributed by atoms with Crippen LogP contribution in [0, 0.1) is 0 Å². The molecule has 0 radical (unpaired) electrons. The van der Waals surface area contributed by atoms with Gasteiger partial charge in [0.1, 0.15) is 90.3 Å². The number of aromatic hydroxyl groups is 1. The van der Waals surface area contributed by atoms with Crippen molar-refractivity contribution in [3.8, 4) is 5.75 Å². The summed E-state index contributed by atoms with van der Waals surface area (Å²) < 4.78 is 0. The Balaban J connectivity index is 1.10. The molecule has 17 amide bonds. The first-order valence-corrected chi connectivity index (χ1v) is 44.9. The normalized spacial score (nSPS) is 24.8. The zero-order chi connectivity index (χ0) is 97.9. The number of para-hydroxylation sites is 2. The first-order chi connectivity index (χ1) is 63.8. The predicted molar refractivity (Wildman–Crippen MR) is 481 cm³/mol. The van der Waals surface area contributed by atoms with Crippen LogP contribution in [0.2, 0.25) is 0 Å². The van der Waals surface area contributed by atoms with Crippen LogP contribution >= 0.6 is 11.8 Å². The van der Waals surface area contributed by atoms with E-state index in [0.29, 0.717) is 56.7 Å². The Morgan fingerprint density at radius 1 is 0.530 bits per heavy atom. The molecular formula is C87H117N23O23S. The number of carboxylic acid groups (broad SMARTS) is 2. The standard InChI is InChI=1S/C87H117N23O23S/c1-6-7-17-67-87(133)107(4)65(24-26-73(118)119)80(126)104-63(36-89)79(125)105-64(75(121)95-40-70(91)114)42-134-43-71(115)97-60(30-46-19-21-50(111)22-20-46)83(129)106(3)45(2)74(120)102-62(35-69(90)113)86(132)109-29-12-18-66(109)81(127)101-59(33-49-39-92-44-96-49)78(124)99-57(23-25-72(116)117)85(131)110-41-51(112)34-68(110)82(128)100-58(31-47-37-93-54-15-10-8-13-52(47)54)77(123)98-56(27-28-88)76(122)103-61(84(130)108(67)5)32-48-38-94-55-16-11-9-14-53(48)55/h8-11,13-16,19-22,37-39,44-45,51,56-68,93-94,111-112H,6-7,12,17-18,23-36,40-43,88-89H2,1-5H3,(H2,90,113)(H2,91,114)(H,92,96)(H,95,121)(H,97,115)(H,98,123)(H,99,124)(H,100,128)(H,101,127)(H,102,120)(H,103,122)(H,104,126)(H,105,125)(H,116,117)(H,118,119)/t45-,51+,56-,57-,58-,59-,60-,61-,62+,63-,64-,65-,66-,67-,68-/m0/s1. The Morgan fingerprint density at radius 2 is 1.07 bits per heavy atom. The van der Waals surface area contributed by atoms with Crippen LogP contribution in [-0.2, 0) is 117 Å². The third kappa shape index (κ3) is 28.2. The molecule has 0 spiro atoms. The van der Waals surface area contributed by atoms with Crippen molar-refractivity contribution < 1.29 is 112 Å². The number of imidazole rings is 1. The summed E-state index contributed by atoms with van der Waals surface area (Å²) in [5.74, 6) is -21.9. The van der Waals surface area contributed by atoms with E-state index in [1.165, 1.54) is 57.8 Å². The number of aliphatic hydroxyl groups is 1. The number of hydrogen-bond donors (Lipinski definition) is 21. The quantitative estimate of drug-likeness (QED) is 0.0254. The van der Waals surface area contributed by atoms with E-state index < -0.39 is 279 Å². The highest BCUT2D eigenvalue weighted by Crippen LogP contribution is 2.28. The average molecular weight is 1890 g/mol. The second-order valence-electron chi connectivity index (χ2n) is 33.2. The molecule has 47 heteroatoms. The summed E-state index contributed by atoms with van der Waals surface area (Å²) in [6.45, 7) is 0.428. The van der Waals surface area contributed by atoms with Crippen molar-refractivity contribution in [1.29, 1.82) is 0 Å². The molecule has 134 heavy (non-hydrogen) atoms. The zero-order valence-corrected chi connectivity index (χ0v) is 75.4. The Morgan fingerprint density at radius 3 is 1.66 bits per heavy atom. The van der Waals surface area contributed by atoms with Gasteiger partial charge in [-0.05, 0) is 92.9 Å². The summed E-state index contributed by atoms with van der Waals surface area (Å²) in [6, 6.07) is -4.16. The van der Waals surface area contributed by atoms with Crippen LogP contribution in [-0.4, -0.2) is 333 Å². The van der Waals surface area contributed by atoms with Crippen LogP contribution in [0.4, 0.5) is 0 Å². The monoisotopic (exact) mass is 1880 g/mol. The summed E-state index contributed by atoms with van der Waals surface area (Å²) in [5, 5.41) is 68.5. The van der Waals surface area contributed by atoms with E-state index in [2.05, 4.69) is 73.1 Å². The number of aliphatic hydroxyl groups excluding tert-OH is 1. The van der Waals surface area contributed by atoms with Crippen molar-refractivity contribution in [2.24, 2.45) is 22.9 Å². The van der Waals surface area contributed by atoms with Crippen LogP contribution in [0.15, 0.2) is 97.7 Å². The number of fused-ring (bicyclic) bond motifs is 4. The van der Waals surface area contributed by atoms with Crippen LogP contribution in [0.5, 0.6) is 5.75 Å². The third-order valence-corrected chi connectivity index (χ3v) is 24.6. The largest absolute Gasteiger partial charge is 0.508 e. The number of nitrogens with zero attached hydrogens (tertiary/aromatic N) is 6. The van der Waals surface area contributed by atoms with Crippen LogP contribution in [0.25, 0.3) is 21.8 Å². The molecule has 15 atom stereocenters. The van der Waals surface area contributed by atoms with E-state index in [-0.39, 0.29) is 75.9 Å². The molecule has 25 N–H and O–H groups in total. The molecule has 9 rings (SSSR count). The SMILES string of the molecule is CCCC[C@H]1C(=O)N(C)[C@@H](CCC(=O)O)C(=O)N[C@@H](CN)C(=O)N[C@H](C(=O)NCC(N)=O)CSCC(=O)N[C@@H](Cc2ccc(O)cc2)C(=O)N(C)[C@@H](C)C(=O)N[C@H](CC(N)=O)C(=O)N2CCC[C@H]2C(=O)N[C@@H](Cc2c[nH]cn2)C(=O)N[C@@H](CCC(=O)O)C(=O)N2C[C@H](O)C[C@H]2C(=O)N[C@@H](Cc2c[nH]c3ccccc23)C(=O)N[C@@H](CCN)C(=O)N[C@@H](Cc2c[nH]c3ccccc23)C(=O)N1C. The molecule has 46 nitrogen and oxygen atoms in total. The van der Waals surface area contributed by atoms with Crippen molar-refractivity contribution in [2.75, 3.05) is 65.4 Å². The number of phenolic OH excluding ortho intramolecular Hbond substituents is 1. The number of likely N-dealkylation sites (N-methyl/N-ethyl adjacent to an activating group) is 3. The Kier molecular flexibility index (Phi) is 37.8. The Labute approximate surface area is 772 Å². The van der Waals surface area contributed by atoms with Crippen LogP contribution in [0.3, 0.4) is 0 Å². The summed E-state index contributed by atoms with van der Waals surface area (Å²) in [4.78, 5) is 291. The number of thioether (sulfide) groups is 1. The molecule has 0 saturated carbocycles. The first kappa shape index (κ1) is 104. The van der Waals surface area contributed by atoms with Crippen molar-refractivity contribution in [3.63, 3.8) is 0 Å². The van der Waals surface area contributed by atoms with Gasteiger partial charge in [-0.3, -0.25) is 91.1 Å². The van der Waals surface area contributed by atoms with E-state index in [4.69, 9.17) is 22.9 Å². The topological polar surface area (TPSA) is 706 Å². The van der Waals surface area contributed by atoms with Gasteiger partial charge in [0.2, 0.25) is 100 Å². The van der Waals surface area contributed by atoms with Crippen molar-refractivity contribution in [1.82, 2.24) is 97.6 Å². The van der Waals surface area contributed by atoms with Gasteiger partial charge in [-0.1, -0.05) is 68.3 Å². The molecule has 3 aliphatic rings. The molecule has 0 unspecified atom stereocenters. The minimum absolute atomic E-state index is 0.0868. The van der Waals surface area contributed by atoms with Gasteiger partial charge in [0.15, 0.2) is 0 Å². The number of hydrogen-bond acceptors (Lipinski definition) is 25. The lowest BCUT2D eigenvalue weighted by Crippen LogP contribution is -2.62. The highest BCUT2D eigenvalue weighted by Gasteiger charge is 2.47. The molecule has 0 bridgehead atoms. The van der Waals surface area contributed by atoms with Gasteiger partial charge < -0.3 is 136 Å². The number of primary amides is 2. The molecule has 3 fully saturated rings. The Hall–Kier alpha value is -14.1. The maximum atomic E-state index is 15.7. The summed E-state index contributed by atoms with van der Waals surface area (Å²) >= 11 is 0.694. The smallest absolute Gasteiger partial charge is 0.303 e. The number of unbranched alkanes of at least 4 members (excludes halogenated alkanes) is 1. The number of aromatic amines is 3. The van der Waals surface area contributed by atoms with Crippen molar-refractivity contribution in [3.05, 3.63) is 120 Å². The minimum Gasteiger partial charge on any atom is -0.508 e. The van der Waals surface area contributed by atoms with Crippen molar-refractivity contribution >= 4 is 146 Å². The number of aromatic nitrogens is 4. The van der Waals surface area contributed by atoms with Crippen LogP contribution < -0.4 is 76.1 Å². The second kappa shape index (κ2) is 48.9. The minimum atomic E-state index is -1.86. The van der Waals surface area contributed by atoms with Crippen molar-refractivity contribution in [2.45, 2.75) is 207 Å². The van der Waals surface area contributed by atoms with E-state index in [1.807, 2.05) is 0 Å². The van der Waals surface area contributed by atoms with E-state index in [1.54, 1.807) is 67.8 Å². The van der Waals surface area contributed by atoms with Gasteiger partial charge in [-0.2, -0.15) is 0 Å². The fourth-order valence-corrected chi connectivity index (χ4v) is 17.0. The second-order valence-corrected chi connectivity index (χ2v) is 34.2. The third-order valence-electron chi connectivity index (χ3n) is 23.6. The first-order valence-electron chi connectivity index (χ1n) is 43.7. The molecule has 6 aromatic rings. The molecular weight excluding hydrogens is 1770 g/mol. The lowest BCUT2D eigenvalue weighted by atomic mass is 10.00. The number of aliphatic carboxylic acids is 2. The number of rotatable bonds is 25. The fraction of sp³-hybridized carbons (Fsp3) is 0.494. The number of carbonyl (C=O) groups is 19. The summed E-state index contributed by atoms with van der Waals surface area (Å²) in [6.07, 6.45) is -1.08. The number of nitrogens with two attached hydrogens (primary N) is 4. The van der Waals surface area contributed by atoms with Crippen LogP contribution in [0.1, 0.15) is 113 Å². The van der Waals surface area contributed by atoms with Gasteiger partial charge in [0, 0.05) is 132 Å². The van der Waals surface area contributed by atoms with Gasteiger partial charge in [0.05, 0.1) is 36.8 Å². The fourth-order valence-electron chi connectivity index (χ4n) is 16.2. The highest BCUT2D eigenvalue weighted by atomic mass is 32.2. The lowest BCUT2D eigenvalue weighted by molar-refractivity contribution is -0.150. The number of benzene rings is 3. The summed E-state index contributed by atoms with van der Waals surface area (Å²) in [7, 11) is 3.58. The van der Waals surface area contributed by atoms with Gasteiger partial charge in [-0.15, -0.1) is 11.8 Å². The van der Waals surface area contributed by atoms with E-state index in [9.17, 15) is 78.0 Å². The average Bonchev–Trinajstić information content (AvgIpc) is 1.57. The predicted octanol–water partition coefficient (Wildman–Crippen LogP) is -5.38. The van der Waals surface area contributed by atoms with Gasteiger partial charge in [-0.25, -0.2) is 4.98 Å². The Bertz CT molecular complexity index is 5270. The summed E-state index contributed by atoms with van der Waals surface area (Å²) in [5.41, 5.74) is 26.0. The van der Waals surface area contributed by atoms with Gasteiger partial charge in [0.25, 0.3) is 0 Å². The van der Waals surface area contributed by atoms with E-state index in [0.717, 1.165) is 31.5 Å². The number of phenols is 1. The molecule has 0 aliphatic carbocycles. The molecule has 6 heterocycles. The zero-order valence-electron chi connectivity index (χ0n) is 74.6. The number of carbonyl (C=O) groups excluding carboxylic acids is 17. The molecule has 3 aromatic heterocycles. The highest BCUT2D eigenvalue weighted by molar-refractivity contribution is 8.00. The number of carboxylic acids is 2. The molecule has 724 valence electrons. The number of amides is 17. The molecule has 3 saturated heterocycles. The number of nitrogens with one attached hydrogen (secondary N) is 13. The molecule has 3 aromatic carbocycles. The lowest BCUT2D eigenvalue weighted by Gasteiger charge is -2.36. The van der Waals surface area contributed by atoms with E-state index >= 15 is 33.6 Å². The maximum absolute atomic E-state index is 15.7. The molecule has 3 aliphatic heterocycles.